The molecule has 0 bridgehead atoms. The molecule has 0 aliphatic heterocycles. The molecule has 2 aromatic rings. The zero-order chi connectivity index (χ0) is 17.9. The van der Waals surface area contributed by atoms with E-state index in [1.165, 1.54) is 12.1 Å². The van der Waals surface area contributed by atoms with Crippen molar-refractivity contribution in [1.29, 1.82) is 0 Å². The van der Waals surface area contributed by atoms with Gasteiger partial charge >= 0.3 is 6.18 Å². The van der Waals surface area contributed by atoms with Crippen LogP contribution in [-0.2, 0) is 6.54 Å². The summed E-state index contributed by atoms with van der Waals surface area (Å²) >= 11 is 0. The number of aromatic nitrogens is 1. The summed E-state index contributed by atoms with van der Waals surface area (Å²) in [5.41, 5.74) is -0.769. The van der Waals surface area contributed by atoms with Crippen LogP contribution in [0, 0.1) is 5.82 Å². The average Bonchev–Trinajstić information content (AvgIpc) is 2.51. The predicted molar refractivity (Wildman–Crippen MR) is 81.5 cm³/mol. The van der Waals surface area contributed by atoms with Crippen molar-refractivity contribution in [3.05, 3.63) is 46.1 Å². The number of fused-ring (bicyclic) bond motifs is 1. The van der Waals surface area contributed by atoms with Gasteiger partial charge in [-0.2, -0.15) is 13.2 Å². The molecule has 1 N–H and O–H groups in total. The number of rotatable bonds is 5. The fourth-order valence-electron chi connectivity index (χ4n) is 2.32. The monoisotopic (exact) mass is 344 g/mol. The van der Waals surface area contributed by atoms with Gasteiger partial charge in [0.15, 0.2) is 0 Å². The van der Waals surface area contributed by atoms with Crippen LogP contribution in [0.2, 0.25) is 0 Å². The van der Waals surface area contributed by atoms with Crippen LogP contribution in [0.5, 0.6) is 0 Å². The van der Waals surface area contributed by atoms with Crippen molar-refractivity contribution in [2.45, 2.75) is 32.5 Å². The Morgan fingerprint density at radius 3 is 2.58 bits per heavy atom. The van der Waals surface area contributed by atoms with Crippen molar-refractivity contribution >= 4 is 16.7 Å². The topological polar surface area (TPSA) is 51.1 Å². The first kappa shape index (κ1) is 18.0. The van der Waals surface area contributed by atoms with E-state index in [-0.39, 0.29) is 17.6 Å². The second kappa shape index (κ2) is 7.02. The van der Waals surface area contributed by atoms with Gasteiger partial charge in [0.05, 0.1) is 5.39 Å². The van der Waals surface area contributed by atoms with E-state index in [4.69, 9.17) is 0 Å². The molecule has 0 aliphatic carbocycles. The fourth-order valence-corrected chi connectivity index (χ4v) is 2.32. The number of pyridine rings is 1. The smallest absolute Gasteiger partial charge is 0.342 e. The summed E-state index contributed by atoms with van der Waals surface area (Å²) in [5.74, 6) is -1.59. The minimum absolute atomic E-state index is 0.0819. The summed E-state index contributed by atoms with van der Waals surface area (Å²) in [4.78, 5) is 24.6. The van der Waals surface area contributed by atoms with Crippen LogP contribution in [0.4, 0.5) is 17.6 Å². The molecule has 0 atom stereocenters. The molecule has 0 aliphatic rings. The molecule has 0 saturated carbocycles. The number of carbonyl (C=O) groups excluding carboxylic acids is 1. The SMILES string of the molecule is CCCCn1c(C(=O)NCC(F)(F)F)cc2ccc(F)cc2c1=O. The summed E-state index contributed by atoms with van der Waals surface area (Å²) in [6, 6.07) is 4.79. The molecule has 1 aromatic carbocycles. The minimum atomic E-state index is -4.55. The second-order valence-electron chi connectivity index (χ2n) is 5.37. The zero-order valence-corrected chi connectivity index (χ0v) is 12.9. The first-order chi connectivity index (χ1) is 11.2. The number of amides is 1. The van der Waals surface area contributed by atoms with Crippen LogP contribution in [0.15, 0.2) is 29.1 Å². The van der Waals surface area contributed by atoms with Crippen LogP contribution < -0.4 is 10.9 Å². The molecule has 24 heavy (non-hydrogen) atoms. The Morgan fingerprint density at radius 2 is 1.96 bits per heavy atom. The number of halogens is 4. The van der Waals surface area contributed by atoms with Gasteiger partial charge in [-0.1, -0.05) is 19.4 Å². The summed E-state index contributed by atoms with van der Waals surface area (Å²) < 4.78 is 51.3. The molecular formula is C16H16F4N2O2. The molecule has 2 rings (SSSR count). The maximum atomic E-state index is 13.4. The van der Waals surface area contributed by atoms with E-state index in [1.54, 1.807) is 5.32 Å². The fraction of sp³-hybridized carbons (Fsp3) is 0.375. The summed E-state index contributed by atoms with van der Waals surface area (Å²) in [6.45, 7) is 0.543. The number of unbranched alkanes of at least 4 members (excludes halogenated alkanes) is 1. The Morgan fingerprint density at radius 1 is 1.25 bits per heavy atom. The van der Waals surface area contributed by atoms with E-state index >= 15 is 0 Å². The maximum Gasteiger partial charge on any atom is 0.405 e. The summed E-state index contributed by atoms with van der Waals surface area (Å²) in [6.07, 6.45) is -3.28. The van der Waals surface area contributed by atoms with Gasteiger partial charge in [-0.05, 0) is 30.0 Å². The number of hydrogen-bond donors (Lipinski definition) is 1. The highest BCUT2D eigenvalue weighted by atomic mass is 19.4. The minimum Gasteiger partial charge on any atom is -0.342 e. The van der Waals surface area contributed by atoms with Crippen molar-refractivity contribution < 1.29 is 22.4 Å². The van der Waals surface area contributed by atoms with Crippen molar-refractivity contribution in [3.63, 3.8) is 0 Å². The van der Waals surface area contributed by atoms with Gasteiger partial charge in [0.1, 0.15) is 18.1 Å². The van der Waals surface area contributed by atoms with E-state index in [0.29, 0.717) is 11.8 Å². The lowest BCUT2D eigenvalue weighted by Gasteiger charge is -2.15. The Kier molecular flexibility index (Phi) is 5.26. The van der Waals surface area contributed by atoms with E-state index in [9.17, 15) is 27.2 Å². The number of nitrogens with zero attached hydrogens (tertiary/aromatic N) is 1. The van der Waals surface area contributed by atoms with Crippen molar-refractivity contribution in [3.8, 4) is 0 Å². The third-order valence-electron chi connectivity index (χ3n) is 3.49. The lowest BCUT2D eigenvalue weighted by Crippen LogP contribution is -2.37. The standard InChI is InChI=1S/C16H16F4N2O2/c1-2-3-6-22-13(14(23)21-9-16(18,19)20)7-10-4-5-11(17)8-12(10)15(22)24/h4-5,7-8H,2-3,6,9H2,1H3,(H,21,23). The third-order valence-corrected chi connectivity index (χ3v) is 3.49. The van der Waals surface area contributed by atoms with Gasteiger partial charge in [-0.25, -0.2) is 4.39 Å². The van der Waals surface area contributed by atoms with Gasteiger partial charge in [-0.15, -0.1) is 0 Å². The van der Waals surface area contributed by atoms with Crippen molar-refractivity contribution in [1.82, 2.24) is 9.88 Å². The molecule has 1 heterocycles. The first-order valence-corrected chi connectivity index (χ1v) is 7.41. The molecule has 0 radical (unpaired) electrons. The van der Waals surface area contributed by atoms with Crippen LogP contribution in [0.3, 0.4) is 0 Å². The lowest BCUT2D eigenvalue weighted by atomic mass is 10.1. The van der Waals surface area contributed by atoms with Crippen LogP contribution in [0.25, 0.3) is 10.8 Å². The van der Waals surface area contributed by atoms with Gasteiger partial charge < -0.3 is 9.88 Å². The second-order valence-corrected chi connectivity index (χ2v) is 5.37. The quantitative estimate of drug-likeness (QED) is 0.847. The third kappa shape index (κ3) is 4.12. The molecule has 8 heteroatoms. The predicted octanol–water partition coefficient (Wildman–Crippen LogP) is 3.23. The number of benzene rings is 1. The van der Waals surface area contributed by atoms with E-state index in [0.717, 1.165) is 23.1 Å². The molecule has 1 amide bonds. The van der Waals surface area contributed by atoms with Gasteiger partial charge in [0.25, 0.3) is 11.5 Å². The van der Waals surface area contributed by atoms with Crippen LogP contribution in [-0.4, -0.2) is 23.2 Å². The van der Waals surface area contributed by atoms with Crippen molar-refractivity contribution in [2.24, 2.45) is 0 Å². The maximum absolute atomic E-state index is 13.4. The van der Waals surface area contributed by atoms with Gasteiger partial charge in [-0.3, -0.25) is 9.59 Å². The molecule has 130 valence electrons. The van der Waals surface area contributed by atoms with Crippen molar-refractivity contribution in [2.75, 3.05) is 6.54 Å². The molecule has 1 aromatic heterocycles. The van der Waals surface area contributed by atoms with Crippen LogP contribution in [0.1, 0.15) is 30.3 Å². The highest BCUT2D eigenvalue weighted by Crippen LogP contribution is 2.16. The van der Waals surface area contributed by atoms with E-state index < -0.39 is 30.0 Å². The highest BCUT2D eigenvalue weighted by molar-refractivity contribution is 5.96. The molecule has 4 nitrogen and oxygen atoms in total. The van der Waals surface area contributed by atoms with E-state index in [1.807, 2.05) is 6.92 Å². The van der Waals surface area contributed by atoms with Gasteiger partial charge in [0, 0.05) is 6.54 Å². The van der Waals surface area contributed by atoms with Gasteiger partial charge in [0.2, 0.25) is 0 Å². The Balaban J connectivity index is 2.52. The molecule has 0 spiro atoms. The summed E-state index contributed by atoms with van der Waals surface area (Å²) in [5, 5.41) is 2.14. The zero-order valence-electron chi connectivity index (χ0n) is 12.9. The normalized spacial score (nSPS) is 11.7. The van der Waals surface area contributed by atoms with Crippen LogP contribution >= 0.6 is 0 Å². The largest absolute Gasteiger partial charge is 0.405 e. The Labute approximate surface area is 135 Å². The summed E-state index contributed by atoms with van der Waals surface area (Å²) in [7, 11) is 0. The number of nitrogens with one attached hydrogen (secondary N) is 1. The Bertz CT molecular complexity index is 812. The number of alkyl halides is 3. The average molecular weight is 344 g/mol. The first-order valence-electron chi connectivity index (χ1n) is 7.41. The lowest BCUT2D eigenvalue weighted by molar-refractivity contribution is -0.123. The highest BCUT2D eigenvalue weighted by Gasteiger charge is 2.28. The molecule has 0 unspecified atom stereocenters. The number of hydrogen-bond acceptors (Lipinski definition) is 2. The molecular weight excluding hydrogens is 328 g/mol. The molecule has 0 saturated heterocycles. The Hall–Kier alpha value is -2.38. The molecule has 0 fully saturated rings. The number of carbonyl (C=O) groups is 1. The van der Waals surface area contributed by atoms with E-state index in [2.05, 4.69) is 0 Å².